The highest BCUT2D eigenvalue weighted by Crippen LogP contribution is 2.36. The molecule has 5 rings (SSSR count). The lowest BCUT2D eigenvalue weighted by Crippen LogP contribution is -2.28. The van der Waals surface area contributed by atoms with Crippen molar-refractivity contribution in [1.29, 1.82) is 0 Å². The number of aryl methyl sites for hydroxylation is 1. The van der Waals surface area contributed by atoms with E-state index in [2.05, 4.69) is 27.9 Å². The minimum absolute atomic E-state index is 0.159. The maximum atomic E-state index is 13.1. The number of halogens is 2. The lowest BCUT2D eigenvalue weighted by Gasteiger charge is -2.23. The zero-order valence-corrected chi connectivity index (χ0v) is 19.0. The number of benzene rings is 2. The van der Waals surface area contributed by atoms with Crippen molar-refractivity contribution in [1.82, 2.24) is 19.5 Å². The van der Waals surface area contributed by atoms with Crippen molar-refractivity contribution < 1.29 is 0 Å². The number of aromatic nitrogens is 4. The molecule has 9 heteroatoms. The Morgan fingerprint density at radius 1 is 1.13 bits per heavy atom. The van der Waals surface area contributed by atoms with Crippen molar-refractivity contribution in [3.05, 3.63) is 78.9 Å². The largest absolute Gasteiger partial charge is 0.309 e. The van der Waals surface area contributed by atoms with E-state index >= 15 is 0 Å². The Morgan fingerprint density at radius 3 is 2.68 bits per heavy atom. The van der Waals surface area contributed by atoms with Crippen LogP contribution in [-0.2, 0) is 6.42 Å². The number of anilines is 2. The first-order chi connectivity index (χ1) is 14.8. The van der Waals surface area contributed by atoms with E-state index in [4.69, 9.17) is 35.4 Å². The lowest BCUT2D eigenvalue weighted by molar-refractivity contribution is 0.739. The average molecular weight is 470 g/mol. The zero-order valence-electron chi connectivity index (χ0n) is 16.7. The average Bonchev–Trinajstić information content (AvgIpc) is 3.05. The van der Waals surface area contributed by atoms with E-state index in [-0.39, 0.29) is 17.0 Å². The second-order valence-electron chi connectivity index (χ2n) is 7.54. The van der Waals surface area contributed by atoms with Crippen LogP contribution in [0.1, 0.15) is 18.3 Å². The molecular weight excluding hydrogens is 453 g/mol. The Balaban J connectivity index is 1.71. The van der Waals surface area contributed by atoms with Gasteiger partial charge in [0.15, 0.2) is 5.65 Å². The van der Waals surface area contributed by atoms with Crippen LogP contribution in [0.5, 0.6) is 0 Å². The number of hydrogen-bond acceptors (Lipinski definition) is 5. The monoisotopic (exact) mass is 469 g/mol. The Hall–Kier alpha value is -2.74. The summed E-state index contributed by atoms with van der Waals surface area (Å²) >= 11 is 17.9. The highest BCUT2D eigenvalue weighted by atomic mass is 35.5. The van der Waals surface area contributed by atoms with Crippen molar-refractivity contribution in [2.75, 3.05) is 4.90 Å². The molecular formula is C22H17Cl2N5OS. The van der Waals surface area contributed by atoms with E-state index in [1.54, 1.807) is 22.8 Å². The third kappa shape index (κ3) is 3.24. The van der Waals surface area contributed by atoms with Crippen LogP contribution in [0.2, 0.25) is 10.0 Å². The van der Waals surface area contributed by atoms with Crippen molar-refractivity contribution in [3.63, 3.8) is 0 Å². The summed E-state index contributed by atoms with van der Waals surface area (Å²) < 4.78 is 2.01. The predicted molar refractivity (Wildman–Crippen MR) is 127 cm³/mol. The fourth-order valence-electron chi connectivity index (χ4n) is 4.12. The first kappa shape index (κ1) is 20.2. The molecule has 4 aromatic rings. The number of rotatable bonds is 2. The molecule has 0 aliphatic carbocycles. The molecule has 0 radical (unpaired) electrons. The molecule has 1 N–H and O–H groups in total. The summed E-state index contributed by atoms with van der Waals surface area (Å²) in [6.45, 7) is 3.92. The number of fused-ring (bicyclic) bond motifs is 2. The number of para-hydroxylation sites is 1. The van der Waals surface area contributed by atoms with Gasteiger partial charge >= 0.3 is 0 Å². The molecule has 2 aromatic carbocycles. The molecule has 1 aliphatic heterocycles. The van der Waals surface area contributed by atoms with Crippen LogP contribution in [0.15, 0.2) is 47.3 Å². The third-order valence-electron chi connectivity index (χ3n) is 5.49. The highest BCUT2D eigenvalue weighted by molar-refractivity contribution is 7.71. The standard InChI is InChI=1S/C22H17Cl2N5OS/c1-11-9-13-5-3-4-6-17(13)28(11)22-26-19-18(20(30)27-22)21(31)29(12(2)25-19)14-7-8-15(23)16(24)10-14/h3-8,10-11H,9H2,1-2H3,(H,26,27,30)/t11-/m1/s1. The van der Waals surface area contributed by atoms with E-state index in [0.717, 1.165) is 12.1 Å². The third-order valence-corrected chi connectivity index (χ3v) is 6.62. The van der Waals surface area contributed by atoms with Crippen LogP contribution in [-0.4, -0.2) is 25.6 Å². The van der Waals surface area contributed by atoms with Crippen molar-refractivity contribution in [3.8, 4) is 5.69 Å². The molecule has 1 atom stereocenters. The summed E-state index contributed by atoms with van der Waals surface area (Å²) in [6.07, 6.45) is 0.878. The van der Waals surface area contributed by atoms with Crippen LogP contribution in [0.4, 0.5) is 11.6 Å². The second-order valence-corrected chi connectivity index (χ2v) is 8.74. The number of nitrogens with zero attached hydrogens (tertiary/aromatic N) is 4. The molecule has 6 nitrogen and oxygen atoms in total. The van der Waals surface area contributed by atoms with Crippen LogP contribution in [0.25, 0.3) is 16.7 Å². The van der Waals surface area contributed by atoms with Crippen LogP contribution >= 0.6 is 35.4 Å². The van der Waals surface area contributed by atoms with Crippen LogP contribution in [0.3, 0.4) is 0 Å². The quantitative estimate of drug-likeness (QED) is 0.390. The lowest BCUT2D eigenvalue weighted by atomic mass is 10.1. The molecule has 0 fully saturated rings. The van der Waals surface area contributed by atoms with Gasteiger partial charge in [0.2, 0.25) is 5.95 Å². The number of nitrogens with one attached hydrogen (secondary N) is 1. The van der Waals surface area contributed by atoms with Gasteiger partial charge in [-0.3, -0.25) is 14.3 Å². The summed E-state index contributed by atoms with van der Waals surface area (Å²) in [7, 11) is 0. The SMILES string of the molecule is Cc1nc2nc(N3c4ccccc4C[C@H]3C)[nH]c(=O)c2c(=S)n1-c1ccc(Cl)c(Cl)c1. The number of hydrogen-bond donors (Lipinski definition) is 1. The normalized spacial score (nSPS) is 15.5. The molecule has 156 valence electrons. The van der Waals surface area contributed by atoms with E-state index in [1.807, 2.05) is 30.0 Å². The van der Waals surface area contributed by atoms with Gasteiger partial charge in [0, 0.05) is 17.4 Å². The van der Waals surface area contributed by atoms with Gasteiger partial charge in [-0.15, -0.1) is 0 Å². The first-order valence-electron chi connectivity index (χ1n) is 9.71. The molecule has 31 heavy (non-hydrogen) atoms. The molecule has 3 heterocycles. The molecule has 0 saturated carbocycles. The maximum Gasteiger partial charge on any atom is 0.264 e. The highest BCUT2D eigenvalue weighted by Gasteiger charge is 2.29. The summed E-state index contributed by atoms with van der Waals surface area (Å²) in [6, 6.07) is 13.4. The van der Waals surface area contributed by atoms with E-state index in [1.165, 1.54) is 5.56 Å². The fraction of sp³-hybridized carbons (Fsp3) is 0.182. The van der Waals surface area contributed by atoms with Crippen LogP contribution < -0.4 is 10.5 Å². The Labute approximate surface area is 193 Å². The summed E-state index contributed by atoms with van der Waals surface area (Å²) in [5.41, 5.74) is 2.92. The van der Waals surface area contributed by atoms with E-state index < -0.39 is 0 Å². The Kier molecular flexibility index (Phi) is 4.84. The van der Waals surface area contributed by atoms with Crippen molar-refractivity contribution in [2.24, 2.45) is 0 Å². The van der Waals surface area contributed by atoms with E-state index in [0.29, 0.717) is 37.8 Å². The number of H-pyrrole nitrogens is 1. The molecule has 0 amide bonds. The predicted octanol–water partition coefficient (Wildman–Crippen LogP) is 5.54. The zero-order chi connectivity index (χ0) is 21.9. The Morgan fingerprint density at radius 2 is 1.90 bits per heavy atom. The number of aromatic amines is 1. The van der Waals surface area contributed by atoms with Crippen molar-refractivity contribution >= 4 is 58.1 Å². The molecule has 2 aromatic heterocycles. The van der Waals surface area contributed by atoms with E-state index in [9.17, 15) is 4.79 Å². The van der Waals surface area contributed by atoms with Crippen LogP contribution in [0, 0.1) is 11.6 Å². The molecule has 0 bridgehead atoms. The molecule has 1 aliphatic rings. The van der Waals surface area contributed by atoms with Gasteiger partial charge < -0.3 is 4.90 Å². The van der Waals surface area contributed by atoms with Gasteiger partial charge in [0.05, 0.1) is 10.0 Å². The molecule has 0 unspecified atom stereocenters. The Bertz CT molecular complexity index is 1480. The van der Waals surface area contributed by atoms with Crippen molar-refractivity contribution in [2.45, 2.75) is 26.3 Å². The smallest absolute Gasteiger partial charge is 0.264 e. The summed E-state index contributed by atoms with van der Waals surface area (Å²) in [4.78, 5) is 27.4. The summed E-state index contributed by atoms with van der Waals surface area (Å²) in [5.74, 6) is 1.05. The minimum atomic E-state index is -0.331. The molecule has 0 spiro atoms. The van der Waals surface area contributed by atoms with Gasteiger partial charge in [-0.05, 0) is 50.1 Å². The van der Waals surface area contributed by atoms with Gasteiger partial charge in [-0.25, -0.2) is 4.98 Å². The van der Waals surface area contributed by atoms with Gasteiger partial charge in [0.1, 0.15) is 15.9 Å². The molecule has 0 saturated heterocycles. The maximum absolute atomic E-state index is 13.1. The second kappa shape index (κ2) is 7.44. The first-order valence-corrected chi connectivity index (χ1v) is 10.9. The van der Waals surface area contributed by atoms with Gasteiger partial charge in [-0.2, -0.15) is 4.98 Å². The summed E-state index contributed by atoms with van der Waals surface area (Å²) in [5, 5.41) is 1.09. The minimum Gasteiger partial charge on any atom is -0.309 e. The fourth-order valence-corrected chi connectivity index (χ4v) is 4.83. The van der Waals surface area contributed by atoms with Gasteiger partial charge in [-0.1, -0.05) is 53.6 Å². The topological polar surface area (TPSA) is 66.8 Å². The van der Waals surface area contributed by atoms with Gasteiger partial charge in [0.25, 0.3) is 5.56 Å².